The van der Waals surface area contributed by atoms with Crippen molar-refractivity contribution >= 4 is 11.0 Å². The summed E-state index contributed by atoms with van der Waals surface area (Å²) < 4.78 is 2.35. The molecule has 1 aromatic heterocycles. The molecule has 0 radical (unpaired) electrons. The molecule has 2 aromatic rings. The van der Waals surface area contributed by atoms with Gasteiger partial charge in [-0.25, -0.2) is 4.98 Å². The molecule has 0 saturated heterocycles. The van der Waals surface area contributed by atoms with Gasteiger partial charge in [0.05, 0.1) is 16.6 Å². The van der Waals surface area contributed by atoms with Gasteiger partial charge in [-0.3, -0.25) is 0 Å². The maximum Gasteiger partial charge on any atom is 0.130 e. The molecule has 1 fully saturated rings. The van der Waals surface area contributed by atoms with Crippen molar-refractivity contribution in [2.45, 2.75) is 58.0 Å². The van der Waals surface area contributed by atoms with Crippen LogP contribution in [0.4, 0.5) is 0 Å². The minimum Gasteiger partial charge on any atom is -0.326 e. The van der Waals surface area contributed by atoms with Gasteiger partial charge in [0.15, 0.2) is 0 Å². The molecule has 0 spiro atoms. The van der Waals surface area contributed by atoms with Gasteiger partial charge in [-0.1, -0.05) is 26.0 Å². The Bertz CT molecular complexity index is 591. The van der Waals surface area contributed by atoms with E-state index in [1.165, 1.54) is 18.4 Å². The van der Waals surface area contributed by atoms with Crippen molar-refractivity contribution in [1.29, 1.82) is 0 Å². The Balaban J connectivity index is 2.08. The summed E-state index contributed by atoms with van der Waals surface area (Å²) in [4.78, 5) is 4.89. The molecule has 1 heterocycles. The molecule has 1 saturated carbocycles. The number of benzene rings is 1. The average molecular weight is 271 g/mol. The van der Waals surface area contributed by atoms with Gasteiger partial charge in [-0.15, -0.1) is 0 Å². The second kappa shape index (κ2) is 5.21. The Labute approximate surface area is 121 Å². The molecular weight excluding hydrogens is 246 g/mol. The summed E-state index contributed by atoms with van der Waals surface area (Å²) >= 11 is 0. The lowest BCUT2D eigenvalue weighted by atomic mass is 9.77. The summed E-state index contributed by atoms with van der Waals surface area (Å²) in [6.07, 6.45) is 5.65. The lowest BCUT2D eigenvalue weighted by molar-refractivity contribution is 0.231. The zero-order valence-electron chi connectivity index (χ0n) is 12.6. The summed E-state index contributed by atoms with van der Waals surface area (Å²) in [5.41, 5.74) is 8.83. The fraction of sp³-hybridized carbons (Fsp3) is 0.588. The number of rotatable bonds is 3. The van der Waals surface area contributed by atoms with E-state index < -0.39 is 0 Å². The predicted molar refractivity (Wildman–Crippen MR) is 83.5 cm³/mol. The molecule has 108 valence electrons. The summed E-state index contributed by atoms with van der Waals surface area (Å²) in [5, 5.41) is 0. The summed E-state index contributed by atoms with van der Waals surface area (Å²) in [6, 6.07) is 8.41. The van der Waals surface area contributed by atoms with E-state index in [0.717, 1.165) is 43.1 Å². The van der Waals surface area contributed by atoms with Crippen LogP contribution in [0.15, 0.2) is 24.3 Å². The standard InChI is InChI=1S/C17H25N3/c1-3-12-20-15-7-5-4-6-14(15)19-16(20)17(18)10-8-13(2)9-11-17/h4-7,13H,3,8-12,18H2,1-2H3. The van der Waals surface area contributed by atoms with E-state index in [9.17, 15) is 0 Å². The molecule has 3 heteroatoms. The van der Waals surface area contributed by atoms with Crippen LogP contribution in [0.2, 0.25) is 0 Å². The number of para-hydroxylation sites is 2. The van der Waals surface area contributed by atoms with Crippen LogP contribution in [-0.4, -0.2) is 9.55 Å². The van der Waals surface area contributed by atoms with Crippen molar-refractivity contribution in [3.05, 3.63) is 30.1 Å². The third-order valence-electron chi connectivity index (χ3n) is 4.71. The van der Waals surface area contributed by atoms with Crippen molar-refractivity contribution < 1.29 is 0 Å². The molecule has 1 aliphatic rings. The Hall–Kier alpha value is -1.35. The topological polar surface area (TPSA) is 43.8 Å². The quantitative estimate of drug-likeness (QED) is 0.922. The van der Waals surface area contributed by atoms with Gasteiger partial charge in [0.2, 0.25) is 0 Å². The third-order valence-corrected chi connectivity index (χ3v) is 4.71. The molecular formula is C17H25N3. The second-order valence-corrected chi connectivity index (χ2v) is 6.41. The van der Waals surface area contributed by atoms with E-state index >= 15 is 0 Å². The number of nitrogens with zero attached hydrogens (tertiary/aromatic N) is 2. The fourth-order valence-electron chi connectivity index (χ4n) is 3.41. The molecule has 1 aromatic carbocycles. The zero-order valence-corrected chi connectivity index (χ0v) is 12.6. The van der Waals surface area contributed by atoms with E-state index in [4.69, 9.17) is 10.7 Å². The maximum atomic E-state index is 6.75. The monoisotopic (exact) mass is 271 g/mol. The Morgan fingerprint density at radius 1 is 1.30 bits per heavy atom. The zero-order chi connectivity index (χ0) is 14.2. The van der Waals surface area contributed by atoms with Crippen molar-refractivity contribution in [1.82, 2.24) is 9.55 Å². The van der Waals surface area contributed by atoms with E-state index in [1.54, 1.807) is 0 Å². The first kappa shape index (κ1) is 13.6. The van der Waals surface area contributed by atoms with Gasteiger partial charge in [0, 0.05) is 6.54 Å². The highest BCUT2D eigenvalue weighted by atomic mass is 15.1. The first-order chi connectivity index (χ1) is 9.64. The Kier molecular flexibility index (Phi) is 3.55. The number of imidazole rings is 1. The van der Waals surface area contributed by atoms with Crippen molar-refractivity contribution in [2.24, 2.45) is 11.7 Å². The van der Waals surface area contributed by atoms with Gasteiger partial charge in [-0.2, -0.15) is 0 Å². The number of fused-ring (bicyclic) bond motifs is 1. The summed E-state index contributed by atoms with van der Waals surface area (Å²) in [5.74, 6) is 1.91. The Morgan fingerprint density at radius 2 is 2.00 bits per heavy atom. The first-order valence-electron chi connectivity index (χ1n) is 7.88. The molecule has 20 heavy (non-hydrogen) atoms. The Morgan fingerprint density at radius 3 is 2.70 bits per heavy atom. The number of hydrogen-bond donors (Lipinski definition) is 1. The van der Waals surface area contributed by atoms with Gasteiger partial charge in [-0.05, 0) is 50.2 Å². The van der Waals surface area contributed by atoms with Crippen LogP contribution in [0.25, 0.3) is 11.0 Å². The molecule has 0 amide bonds. The molecule has 0 bridgehead atoms. The van der Waals surface area contributed by atoms with Crippen molar-refractivity contribution in [3.8, 4) is 0 Å². The smallest absolute Gasteiger partial charge is 0.130 e. The van der Waals surface area contributed by atoms with Gasteiger partial charge in [0.1, 0.15) is 5.82 Å². The minimum absolute atomic E-state index is 0.235. The highest BCUT2D eigenvalue weighted by Gasteiger charge is 2.36. The minimum atomic E-state index is -0.235. The van der Waals surface area contributed by atoms with E-state index in [0.29, 0.717) is 0 Å². The highest BCUT2D eigenvalue weighted by molar-refractivity contribution is 5.76. The SMILES string of the molecule is CCCn1c(C2(N)CCC(C)CC2)nc2ccccc21. The van der Waals surface area contributed by atoms with Crippen molar-refractivity contribution in [2.75, 3.05) is 0 Å². The average Bonchev–Trinajstić information content (AvgIpc) is 2.83. The lowest BCUT2D eigenvalue weighted by Crippen LogP contribution is -2.42. The van der Waals surface area contributed by atoms with Crippen LogP contribution >= 0.6 is 0 Å². The lowest BCUT2D eigenvalue weighted by Gasteiger charge is -2.35. The largest absolute Gasteiger partial charge is 0.326 e. The van der Waals surface area contributed by atoms with E-state index in [1.807, 2.05) is 0 Å². The fourth-order valence-corrected chi connectivity index (χ4v) is 3.41. The second-order valence-electron chi connectivity index (χ2n) is 6.41. The number of aryl methyl sites for hydroxylation is 1. The number of hydrogen-bond acceptors (Lipinski definition) is 2. The van der Waals surface area contributed by atoms with Gasteiger partial charge >= 0.3 is 0 Å². The van der Waals surface area contributed by atoms with Crippen LogP contribution in [0.5, 0.6) is 0 Å². The summed E-state index contributed by atoms with van der Waals surface area (Å²) in [7, 11) is 0. The van der Waals surface area contributed by atoms with Crippen LogP contribution in [-0.2, 0) is 12.1 Å². The molecule has 1 aliphatic carbocycles. The normalized spacial score (nSPS) is 27.1. The predicted octanol–water partition coefficient (Wildman–Crippen LogP) is 3.81. The molecule has 3 rings (SSSR count). The number of nitrogens with two attached hydrogens (primary N) is 1. The number of aromatic nitrogens is 2. The molecule has 2 N–H and O–H groups in total. The summed E-state index contributed by atoms with van der Waals surface area (Å²) in [6.45, 7) is 5.55. The van der Waals surface area contributed by atoms with Crippen molar-refractivity contribution in [3.63, 3.8) is 0 Å². The maximum absolute atomic E-state index is 6.75. The molecule has 0 aliphatic heterocycles. The molecule has 3 nitrogen and oxygen atoms in total. The highest BCUT2D eigenvalue weighted by Crippen LogP contribution is 2.38. The van der Waals surface area contributed by atoms with E-state index in [-0.39, 0.29) is 5.54 Å². The van der Waals surface area contributed by atoms with Gasteiger partial charge in [0.25, 0.3) is 0 Å². The third kappa shape index (κ3) is 2.24. The van der Waals surface area contributed by atoms with Crippen LogP contribution in [0, 0.1) is 5.92 Å². The van der Waals surface area contributed by atoms with Crippen LogP contribution in [0.1, 0.15) is 51.8 Å². The van der Waals surface area contributed by atoms with Gasteiger partial charge < -0.3 is 10.3 Å². The van der Waals surface area contributed by atoms with Crippen LogP contribution < -0.4 is 5.73 Å². The van der Waals surface area contributed by atoms with Crippen LogP contribution in [0.3, 0.4) is 0 Å². The molecule has 0 atom stereocenters. The first-order valence-corrected chi connectivity index (χ1v) is 7.88. The van der Waals surface area contributed by atoms with E-state index in [2.05, 4.69) is 42.7 Å². The molecule has 0 unspecified atom stereocenters.